The van der Waals surface area contributed by atoms with E-state index in [0.29, 0.717) is 13.2 Å². The van der Waals surface area contributed by atoms with Crippen LogP contribution >= 0.6 is 0 Å². The lowest BCUT2D eigenvalue weighted by Gasteiger charge is -2.27. The van der Waals surface area contributed by atoms with Crippen LogP contribution in [0.5, 0.6) is 0 Å². The molecule has 16 heavy (non-hydrogen) atoms. The first kappa shape index (κ1) is 13.7. The summed E-state index contributed by atoms with van der Waals surface area (Å²) in [4.78, 5) is 0. The Bertz CT molecular complexity index is 195. The minimum absolute atomic E-state index is 0.230. The van der Waals surface area contributed by atoms with Gasteiger partial charge in [0, 0.05) is 12.8 Å². The van der Waals surface area contributed by atoms with Crippen LogP contribution in [0.4, 0.5) is 0 Å². The lowest BCUT2D eigenvalue weighted by molar-refractivity contribution is -0.168. The molecule has 1 saturated heterocycles. The summed E-state index contributed by atoms with van der Waals surface area (Å²) in [6.45, 7) is 6.93. The number of hydrogen-bond acceptors (Lipinski definition) is 3. The van der Waals surface area contributed by atoms with Crippen molar-refractivity contribution in [3.63, 3.8) is 0 Å². The monoisotopic (exact) mass is 228 g/mol. The number of allylic oxidation sites excluding steroid dienone is 1. The first-order valence-electron chi connectivity index (χ1n) is 6.25. The second-order valence-electron chi connectivity index (χ2n) is 4.53. The third kappa shape index (κ3) is 4.64. The van der Waals surface area contributed by atoms with Crippen LogP contribution in [0.15, 0.2) is 12.7 Å². The summed E-state index contributed by atoms with van der Waals surface area (Å²) in [6, 6.07) is 0. The zero-order chi connectivity index (χ0) is 11.9. The predicted octanol–water partition coefficient (Wildman–Crippen LogP) is 2.64. The summed E-state index contributed by atoms with van der Waals surface area (Å²) < 4.78 is 11.5. The lowest BCUT2D eigenvalue weighted by Crippen LogP contribution is -2.30. The van der Waals surface area contributed by atoms with Crippen LogP contribution in [0.25, 0.3) is 0 Å². The van der Waals surface area contributed by atoms with Gasteiger partial charge in [-0.05, 0) is 32.6 Å². The van der Waals surface area contributed by atoms with Gasteiger partial charge in [0.1, 0.15) is 0 Å². The Hall–Kier alpha value is -0.380. The molecule has 0 aromatic heterocycles. The molecular formula is C13H24O3. The highest BCUT2D eigenvalue weighted by molar-refractivity contribution is 4.77. The smallest absolute Gasteiger partial charge is 0.168 e. The van der Waals surface area contributed by atoms with Gasteiger partial charge in [-0.15, -0.1) is 6.58 Å². The van der Waals surface area contributed by atoms with E-state index in [0.717, 1.165) is 38.5 Å². The molecule has 1 fully saturated rings. The second kappa shape index (κ2) is 7.05. The number of ether oxygens (including phenoxy) is 2. The second-order valence-corrected chi connectivity index (χ2v) is 4.53. The van der Waals surface area contributed by atoms with Gasteiger partial charge < -0.3 is 14.6 Å². The summed E-state index contributed by atoms with van der Waals surface area (Å²) in [5.41, 5.74) is 0. The minimum atomic E-state index is -0.377. The first-order chi connectivity index (χ1) is 7.68. The zero-order valence-corrected chi connectivity index (χ0v) is 10.3. The molecule has 1 heterocycles. The molecule has 0 aliphatic carbocycles. The van der Waals surface area contributed by atoms with Gasteiger partial charge in [-0.1, -0.05) is 6.08 Å². The van der Waals surface area contributed by atoms with E-state index in [-0.39, 0.29) is 11.9 Å². The Morgan fingerprint density at radius 1 is 1.31 bits per heavy atom. The molecule has 1 aliphatic heterocycles. The predicted molar refractivity (Wildman–Crippen MR) is 64.2 cm³/mol. The van der Waals surface area contributed by atoms with Gasteiger partial charge in [0.15, 0.2) is 5.79 Å². The van der Waals surface area contributed by atoms with Crippen LogP contribution in [0, 0.1) is 0 Å². The fourth-order valence-corrected chi connectivity index (χ4v) is 2.09. The molecule has 0 aromatic rings. The molecule has 1 aliphatic rings. The summed E-state index contributed by atoms with van der Waals surface area (Å²) in [7, 11) is 0. The van der Waals surface area contributed by atoms with Crippen LogP contribution in [0.1, 0.15) is 45.4 Å². The Balaban J connectivity index is 2.30. The quantitative estimate of drug-likeness (QED) is 0.512. The Morgan fingerprint density at radius 3 is 2.50 bits per heavy atom. The topological polar surface area (TPSA) is 38.7 Å². The maximum Gasteiger partial charge on any atom is 0.168 e. The highest BCUT2D eigenvalue weighted by Gasteiger charge is 2.35. The maximum absolute atomic E-state index is 9.23. The first-order valence-corrected chi connectivity index (χ1v) is 6.25. The molecule has 1 N–H and O–H groups in total. The van der Waals surface area contributed by atoms with E-state index in [9.17, 15) is 5.11 Å². The van der Waals surface area contributed by atoms with E-state index in [2.05, 4.69) is 6.58 Å². The third-order valence-corrected chi connectivity index (χ3v) is 2.96. The molecule has 94 valence electrons. The molecule has 0 radical (unpaired) electrons. The van der Waals surface area contributed by atoms with Crippen molar-refractivity contribution in [3.05, 3.63) is 12.7 Å². The molecule has 0 amide bonds. The average molecular weight is 228 g/mol. The standard InChI is InChI=1S/C13H24O3/c1-3-4-5-8-13(15-10-11-16-13)9-6-7-12(2)14/h3,12,14H,1,4-11H2,2H3/t12-/m0/s1. The molecule has 0 unspecified atom stereocenters. The SMILES string of the molecule is C=CCCCC1(CCC[C@H](C)O)OCCO1. The molecule has 1 atom stereocenters. The van der Waals surface area contributed by atoms with E-state index in [1.54, 1.807) is 0 Å². The summed E-state index contributed by atoms with van der Waals surface area (Å²) >= 11 is 0. The van der Waals surface area contributed by atoms with Gasteiger partial charge in [0.2, 0.25) is 0 Å². The van der Waals surface area contributed by atoms with Crippen LogP contribution < -0.4 is 0 Å². The molecule has 1 rings (SSSR count). The zero-order valence-electron chi connectivity index (χ0n) is 10.3. The van der Waals surface area contributed by atoms with Gasteiger partial charge in [0.05, 0.1) is 19.3 Å². The van der Waals surface area contributed by atoms with Crippen molar-refractivity contribution in [2.24, 2.45) is 0 Å². The van der Waals surface area contributed by atoms with E-state index in [1.165, 1.54) is 0 Å². The fraction of sp³-hybridized carbons (Fsp3) is 0.846. The highest BCUT2D eigenvalue weighted by atomic mass is 16.7. The Kier molecular flexibility index (Phi) is 6.03. The van der Waals surface area contributed by atoms with Crippen molar-refractivity contribution in [1.82, 2.24) is 0 Å². The number of aliphatic hydroxyl groups is 1. The van der Waals surface area contributed by atoms with Crippen molar-refractivity contribution in [2.45, 2.75) is 57.3 Å². The number of rotatable bonds is 8. The fourth-order valence-electron chi connectivity index (χ4n) is 2.09. The normalized spacial score (nSPS) is 20.9. The van der Waals surface area contributed by atoms with Gasteiger partial charge in [0.25, 0.3) is 0 Å². The third-order valence-electron chi connectivity index (χ3n) is 2.96. The van der Waals surface area contributed by atoms with Crippen molar-refractivity contribution in [1.29, 1.82) is 0 Å². The maximum atomic E-state index is 9.23. The average Bonchev–Trinajstić information content (AvgIpc) is 2.67. The lowest BCUT2D eigenvalue weighted by atomic mass is 10.0. The van der Waals surface area contributed by atoms with Gasteiger partial charge in [-0.2, -0.15) is 0 Å². The molecule has 0 saturated carbocycles. The van der Waals surface area contributed by atoms with E-state index < -0.39 is 0 Å². The summed E-state index contributed by atoms with van der Waals surface area (Å²) in [5, 5.41) is 9.23. The van der Waals surface area contributed by atoms with E-state index in [4.69, 9.17) is 9.47 Å². The van der Waals surface area contributed by atoms with E-state index in [1.807, 2.05) is 13.0 Å². The van der Waals surface area contributed by atoms with Crippen molar-refractivity contribution >= 4 is 0 Å². The molecule has 0 spiro atoms. The van der Waals surface area contributed by atoms with Crippen LogP contribution in [-0.2, 0) is 9.47 Å². The molecule has 0 bridgehead atoms. The van der Waals surface area contributed by atoms with Gasteiger partial charge in [-0.25, -0.2) is 0 Å². The number of aliphatic hydroxyl groups excluding tert-OH is 1. The summed E-state index contributed by atoms with van der Waals surface area (Å²) in [5.74, 6) is -0.377. The number of hydrogen-bond donors (Lipinski definition) is 1. The van der Waals surface area contributed by atoms with Gasteiger partial charge >= 0.3 is 0 Å². The Morgan fingerprint density at radius 2 is 1.94 bits per heavy atom. The largest absolute Gasteiger partial charge is 0.393 e. The van der Waals surface area contributed by atoms with Crippen molar-refractivity contribution in [2.75, 3.05) is 13.2 Å². The van der Waals surface area contributed by atoms with Crippen molar-refractivity contribution in [3.8, 4) is 0 Å². The molecular weight excluding hydrogens is 204 g/mol. The van der Waals surface area contributed by atoms with Gasteiger partial charge in [-0.3, -0.25) is 0 Å². The highest BCUT2D eigenvalue weighted by Crippen LogP contribution is 2.31. The molecule has 3 heteroatoms. The minimum Gasteiger partial charge on any atom is -0.393 e. The molecule has 3 nitrogen and oxygen atoms in total. The van der Waals surface area contributed by atoms with Crippen LogP contribution in [-0.4, -0.2) is 30.2 Å². The summed E-state index contributed by atoms with van der Waals surface area (Å²) in [6.07, 6.45) is 7.34. The Labute approximate surface area is 98.4 Å². The van der Waals surface area contributed by atoms with E-state index >= 15 is 0 Å². The van der Waals surface area contributed by atoms with Crippen LogP contribution in [0.3, 0.4) is 0 Å². The number of unbranched alkanes of at least 4 members (excludes halogenated alkanes) is 1. The van der Waals surface area contributed by atoms with Crippen LogP contribution in [0.2, 0.25) is 0 Å². The van der Waals surface area contributed by atoms with Crippen molar-refractivity contribution < 1.29 is 14.6 Å². The molecule has 0 aromatic carbocycles.